The van der Waals surface area contributed by atoms with Crippen molar-refractivity contribution in [2.45, 2.75) is 64.1 Å². The average molecular weight is 284 g/mol. The van der Waals surface area contributed by atoms with Gasteiger partial charge < -0.3 is 14.8 Å². The maximum atomic E-state index is 11.5. The molecular weight excluding hydrogens is 256 g/mol. The summed E-state index contributed by atoms with van der Waals surface area (Å²) in [6.07, 6.45) is 4.35. The van der Waals surface area contributed by atoms with Crippen LogP contribution >= 0.6 is 0 Å². The summed E-state index contributed by atoms with van der Waals surface area (Å²) in [5, 5.41) is 2.81. The molecule has 2 fully saturated rings. The Morgan fingerprint density at radius 3 is 2.50 bits per heavy atom. The topological polar surface area (TPSA) is 50.8 Å². The molecule has 0 aromatic carbocycles. The quantitative estimate of drug-likeness (QED) is 0.786. The summed E-state index contributed by atoms with van der Waals surface area (Å²) in [5.74, 6) is 0. The van der Waals surface area contributed by atoms with E-state index in [1.807, 2.05) is 20.8 Å². The molecule has 5 nitrogen and oxygen atoms in total. The molecule has 5 heteroatoms. The Balaban J connectivity index is 1.55. The van der Waals surface area contributed by atoms with Gasteiger partial charge in [0.05, 0.1) is 13.2 Å². The minimum atomic E-state index is -0.420. The lowest BCUT2D eigenvalue weighted by atomic mass is 10.2. The second-order valence-corrected chi connectivity index (χ2v) is 6.80. The SMILES string of the molecule is CC(C)(C)OC(=O)NCCCCN1C2CCC1COC2. The minimum absolute atomic E-state index is 0.316. The van der Waals surface area contributed by atoms with Crippen LogP contribution in [0.15, 0.2) is 0 Å². The van der Waals surface area contributed by atoms with Crippen molar-refractivity contribution in [2.24, 2.45) is 0 Å². The second-order valence-electron chi connectivity index (χ2n) is 6.80. The predicted octanol–water partition coefficient (Wildman–Crippen LogP) is 2.15. The van der Waals surface area contributed by atoms with Crippen molar-refractivity contribution in [3.63, 3.8) is 0 Å². The molecule has 1 N–H and O–H groups in total. The van der Waals surface area contributed by atoms with Crippen molar-refractivity contribution in [2.75, 3.05) is 26.3 Å². The third kappa shape index (κ3) is 4.63. The number of hydrogen-bond donors (Lipinski definition) is 1. The van der Waals surface area contributed by atoms with Crippen molar-refractivity contribution in [1.29, 1.82) is 0 Å². The molecule has 0 saturated carbocycles. The Morgan fingerprint density at radius 1 is 1.25 bits per heavy atom. The van der Waals surface area contributed by atoms with Crippen LogP contribution in [0.1, 0.15) is 46.5 Å². The summed E-state index contributed by atoms with van der Waals surface area (Å²) in [4.78, 5) is 14.1. The van der Waals surface area contributed by atoms with E-state index < -0.39 is 5.60 Å². The van der Waals surface area contributed by atoms with Crippen molar-refractivity contribution >= 4 is 6.09 Å². The van der Waals surface area contributed by atoms with E-state index in [0.29, 0.717) is 18.6 Å². The number of unbranched alkanes of at least 4 members (excludes halogenated alkanes) is 1. The first kappa shape index (κ1) is 15.6. The monoisotopic (exact) mass is 284 g/mol. The van der Waals surface area contributed by atoms with Crippen molar-refractivity contribution in [3.8, 4) is 0 Å². The van der Waals surface area contributed by atoms with Gasteiger partial charge in [0.25, 0.3) is 0 Å². The lowest BCUT2D eigenvalue weighted by Crippen LogP contribution is -2.46. The van der Waals surface area contributed by atoms with Gasteiger partial charge in [0.15, 0.2) is 0 Å². The van der Waals surface area contributed by atoms with Gasteiger partial charge in [-0.25, -0.2) is 4.79 Å². The molecule has 2 heterocycles. The molecule has 2 aliphatic rings. The van der Waals surface area contributed by atoms with Gasteiger partial charge in [-0.15, -0.1) is 0 Å². The third-order valence-electron chi connectivity index (χ3n) is 3.90. The van der Waals surface area contributed by atoms with Crippen LogP contribution < -0.4 is 5.32 Å². The molecule has 1 amide bonds. The highest BCUT2D eigenvalue weighted by Gasteiger charge is 2.36. The first-order chi connectivity index (χ1) is 9.46. The van der Waals surface area contributed by atoms with Gasteiger partial charge in [-0.2, -0.15) is 0 Å². The minimum Gasteiger partial charge on any atom is -0.444 e. The highest BCUT2D eigenvalue weighted by atomic mass is 16.6. The molecule has 0 aromatic rings. The molecule has 2 rings (SSSR count). The fourth-order valence-corrected chi connectivity index (χ4v) is 3.00. The number of carbonyl (C=O) groups is 1. The Kier molecular flexibility index (Phi) is 5.27. The average Bonchev–Trinajstić information content (AvgIpc) is 2.57. The fourth-order valence-electron chi connectivity index (χ4n) is 3.00. The van der Waals surface area contributed by atoms with Gasteiger partial charge in [0, 0.05) is 18.6 Å². The fraction of sp³-hybridized carbons (Fsp3) is 0.933. The Hall–Kier alpha value is -0.810. The zero-order valence-electron chi connectivity index (χ0n) is 13.0. The zero-order valence-corrected chi connectivity index (χ0v) is 13.0. The second kappa shape index (κ2) is 6.76. The number of rotatable bonds is 5. The number of amides is 1. The van der Waals surface area contributed by atoms with Crippen LogP contribution in [0.3, 0.4) is 0 Å². The van der Waals surface area contributed by atoms with E-state index in [9.17, 15) is 4.79 Å². The Bertz CT molecular complexity index is 312. The van der Waals surface area contributed by atoms with E-state index in [2.05, 4.69) is 10.2 Å². The first-order valence-electron chi connectivity index (χ1n) is 7.76. The zero-order chi connectivity index (χ0) is 14.6. The lowest BCUT2D eigenvalue weighted by Gasteiger charge is -2.34. The number of hydrogen-bond acceptors (Lipinski definition) is 4. The summed E-state index contributed by atoms with van der Waals surface area (Å²) in [5.41, 5.74) is -0.420. The maximum absolute atomic E-state index is 11.5. The summed E-state index contributed by atoms with van der Waals surface area (Å²) < 4.78 is 10.8. The van der Waals surface area contributed by atoms with Gasteiger partial charge in [-0.05, 0) is 53.0 Å². The number of ether oxygens (including phenoxy) is 2. The number of nitrogens with zero attached hydrogens (tertiary/aromatic N) is 1. The molecule has 2 atom stereocenters. The molecule has 20 heavy (non-hydrogen) atoms. The Labute approximate surface area is 122 Å². The van der Waals surface area contributed by atoms with Crippen LogP contribution in [-0.2, 0) is 9.47 Å². The van der Waals surface area contributed by atoms with Crippen LogP contribution in [0, 0.1) is 0 Å². The van der Waals surface area contributed by atoms with Gasteiger partial charge in [-0.3, -0.25) is 4.90 Å². The van der Waals surface area contributed by atoms with E-state index in [1.165, 1.54) is 12.8 Å². The number of carbonyl (C=O) groups excluding carboxylic acids is 1. The standard InChI is InChI=1S/C15H28N2O3/c1-15(2,3)20-14(18)16-8-4-5-9-17-12-6-7-13(17)11-19-10-12/h12-13H,4-11H2,1-3H3,(H,16,18). The van der Waals surface area contributed by atoms with Crippen molar-refractivity contribution < 1.29 is 14.3 Å². The van der Waals surface area contributed by atoms with E-state index in [-0.39, 0.29) is 6.09 Å². The number of fused-ring (bicyclic) bond motifs is 2. The van der Waals surface area contributed by atoms with E-state index in [0.717, 1.165) is 32.6 Å². The molecule has 0 spiro atoms. The molecule has 0 aromatic heterocycles. The number of nitrogens with one attached hydrogen (secondary N) is 1. The van der Waals surface area contributed by atoms with Crippen LogP contribution in [0.4, 0.5) is 4.79 Å². The summed E-state index contributed by atoms with van der Waals surface area (Å²) in [6.45, 7) is 9.23. The first-order valence-corrected chi connectivity index (χ1v) is 7.76. The molecule has 0 aliphatic carbocycles. The Morgan fingerprint density at radius 2 is 1.90 bits per heavy atom. The van der Waals surface area contributed by atoms with Crippen LogP contribution in [0.5, 0.6) is 0 Å². The van der Waals surface area contributed by atoms with Crippen LogP contribution in [0.2, 0.25) is 0 Å². The summed E-state index contributed by atoms with van der Waals surface area (Å²) in [6, 6.07) is 1.26. The maximum Gasteiger partial charge on any atom is 0.407 e. The number of morpholine rings is 1. The molecule has 116 valence electrons. The number of alkyl carbamates (subject to hydrolysis) is 1. The highest BCUT2D eigenvalue weighted by Crippen LogP contribution is 2.28. The summed E-state index contributed by atoms with van der Waals surface area (Å²) in [7, 11) is 0. The van der Waals surface area contributed by atoms with Gasteiger partial charge >= 0.3 is 6.09 Å². The van der Waals surface area contributed by atoms with E-state index >= 15 is 0 Å². The van der Waals surface area contributed by atoms with E-state index in [1.54, 1.807) is 0 Å². The van der Waals surface area contributed by atoms with Gasteiger partial charge in [0.2, 0.25) is 0 Å². The van der Waals surface area contributed by atoms with Crippen molar-refractivity contribution in [1.82, 2.24) is 10.2 Å². The van der Waals surface area contributed by atoms with E-state index in [4.69, 9.17) is 9.47 Å². The predicted molar refractivity (Wildman–Crippen MR) is 77.8 cm³/mol. The lowest BCUT2D eigenvalue weighted by molar-refractivity contribution is -0.0149. The third-order valence-corrected chi connectivity index (χ3v) is 3.90. The molecule has 2 aliphatic heterocycles. The van der Waals surface area contributed by atoms with Crippen molar-refractivity contribution in [3.05, 3.63) is 0 Å². The van der Waals surface area contributed by atoms with Crippen LogP contribution in [0.25, 0.3) is 0 Å². The largest absolute Gasteiger partial charge is 0.444 e. The van der Waals surface area contributed by atoms with Gasteiger partial charge in [0.1, 0.15) is 5.60 Å². The molecular formula is C15H28N2O3. The molecule has 0 radical (unpaired) electrons. The normalized spacial score (nSPS) is 26.6. The highest BCUT2D eigenvalue weighted by molar-refractivity contribution is 5.67. The molecule has 2 unspecified atom stereocenters. The summed E-state index contributed by atoms with van der Waals surface area (Å²) >= 11 is 0. The molecule has 2 bridgehead atoms. The molecule has 2 saturated heterocycles. The van der Waals surface area contributed by atoms with Gasteiger partial charge in [-0.1, -0.05) is 0 Å². The van der Waals surface area contributed by atoms with Crippen LogP contribution in [-0.4, -0.2) is 55.0 Å². The smallest absolute Gasteiger partial charge is 0.407 e.